The molecule has 0 radical (unpaired) electrons. The second-order valence-electron chi connectivity index (χ2n) is 6.79. The zero-order chi connectivity index (χ0) is 22.8. The van der Waals surface area contributed by atoms with E-state index >= 15 is 0 Å². The highest BCUT2D eigenvalue weighted by Gasteiger charge is 2.48. The molecule has 0 bridgehead atoms. The van der Waals surface area contributed by atoms with E-state index in [1.54, 1.807) is 35.7 Å². The number of aliphatic hydroxyl groups excluding tert-OH is 1. The van der Waals surface area contributed by atoms with Crippen LogP contribution in [-0.4, -0.2) is 33.3 Å². The van der Waals surface area contributed by atoms with Gasteiger partial charge in [0, 0.05) is 29.3 Å². The van der Waals surface area contributed by atoms with Gasteiger partial charge >= 0.3 is 5.91 Å². The zero-order valence-electron chi connectivity index (χ0n) is 16.8. The Kier molecular flexibility index (Phi) is 5.69. The second kappa shape index (κ2) is 8.60. The molecule has 0 saturated carbocycles. The van der Waals surface area contributed by atoms with Crippen molar-refractivity contribution in [3.8, 4) is 5.75 Å². The standard InChI is InChI=1S/C22H17N3O6S/c1-2-31-16-8-6-13(7-9-16)19(26)17-18(14-4-3-5-15(12-14)25(29)30)24(21(28)20(17)27)22-23-10-11-32-22/h3-12,18,26H,2H2,1H3/t18-/m0/s1. The van der Waals surface area contributed by atoms with Crippen LogP contribution in [0.4, 0.5) is 10.8 Å². The summed E-state index contributed by atoms with van der Waals surface area (Å²) >= 11 is 1.14. The summed E-state index contributed by atoms with van der Waals surface area (Å²) in [5.74, 6) is -1.57. The van der Waals surface area contributed by atoms with Gasteiger partial charge in [-0.1, -0.05) is 12.1 Å². The third-order valence-corrected chi connectivity index (χ3v) is 5.68. The topological polar surface area (TPSA) is 123 Å². The van der Waals surface area contributed by atoms with Crippen LogP contribution in [0.3, 0.4) is 0 Å². The van der Waals surface area contributed by atoms with E-state index in [4.69, 9.17) is 4.74 Å². The summed E-state index contributed by atoms with van der Waals surface area (Å²) in [6, 6.07) is 11.0. The summed E-state index contributed by atoms with van der Waals surface area (Å²) in [7, 11) is 0. The maximum Gasteiger partial charge on any atom is 0.301 e. The number of carbonyl (C=O) groups excluding carboxylic acids is 2. The van der Waals surface area contributed by atoms with Crippen LogP contribution >= 0.6 is 11.3 Å². The zero-order valence-corrected chi connectivity index (χ0v) is 17.6. The molecule has 1 aliphatic heterocycles. The summed E-state index contributed by atoms with van der Waals surface area (Å²) in [5.41, 5.74) is 0.241. The molecule has 3 aromatic rings. The molecule has 9 nitrogen and oxygen atoms in total. The molecule has 10 heteroatoms. The quantitative estimate of drug-likeness (QED) is 0.197. The normalized spacial score (nSPS) is 17.5. The molecule has 32 heavy (non-hydrogen) atoms. The number of ether oxygens (including phenoxy) is 1. The number of Topliss-reactive ketones (excluding diaryl/α,β-unsaturated/α-hetero) is 1. The van der Waals surface area contributed by atoms with Crippen molar-refractivity contribution >= 4 is 39.6 Å². The number of non-ortho nitro benzene ring substituents is 1. The molecule has 0 spiro atoms. The molecule has 4 rings (SSSR count). The number of nitro benzene ring substituents is 1. The van der Waals surface area contributed by atoms with Gasteiger partial charge in [-0.05, 0) is 36.8 Å². The van der Waals surface area contributed by atoms with Crippen molar-refractivity contribution in [2.45, 2.75) is 13.0 Å². The van der Waals surface area contributed by atoms with Gasteiger partial charge in [0.2, 0.25) is 0 Å². The molecule has 162 valence electrons. The van der Waals surface area contributed by atoms with Crippen molar-refractivity contribution in [3.05, 3.63) is 86.9 Å². The van der Waals surface area contributed by atoms with Crippen molar-refractivity contribution in [2.75, 3.05) is 11.5 Å². The van der Waals surface area contributed by atoms with E-state index in [-0.39, 0.29) is 22.2 Å². The maximum absolute atomic E-state index is 13.0. The highest BCUT2D eigenvalue weighted by Crippen LogP contribution is 2.43. The van der Waals surface area contributed by atoms with E-state index in [1.807, 2.05) is 6.92 Å². The number of anilines is 1. The lowest BCUT2D eigenvalue weighted by Gasteiger charge is -2.22. The number of amides is 1. The van der Waals surface area contributed by atoms with Gasteiger partial charge in [0.05, 0.1) is 23.1 Å². The summed E-state index contributed by atoms with van der Waals surface area (Å²) < 4.78 is 5.40. The number of hydrogen-bond donors (Lipinski definition) is 1. The van der Waals surface area contributed by atoms with E-state index in [0.29, 0.717) is 23.5 Å². The second-order valence-corrected chi connectivity index (χ2v) is 7.67. The van der Waals surface area contributed by atoms with Gasteiger partial charge in [-0.2, -0.15) is 0 Å². The number of thiazole rings is 1. The van der Waals surface area contributed by atoms with Crippen LogP contribution in [-0.2, 0) is 9.59 Å². The number of ketones is 1. The Balaban J connectivity index is 1.90. The number of benzene rings is 2. The molecule has 2 aromatic carbocycles. The lowest BCUT2D eigenvalue weighted by molar-refractivity contribution is -0.384. The number of nitro groups is 1. The summed E-state index contributed by atoms with van der Waals surface area (Å²) in [5, 5.41) is 24.2. The van der Waals surface area contributed by atoms with Crippen LogP contribution in [0.5, 0.6) is 5.75 Å². The number of carbonyl (C=O) groups is 2. The minimum Gasteiger partial charge on any atom is -0.507 e. The molecule has 1 amide bonds. The van der Waals surface area contributed by atoms with E-state index in [0.717, 1.165) is 16.2 Å². The number of rotatable bonds is 6. The third-order valence-electron chi connectivity index (χ3n) is 4.91. The van der Waals surface area contributed by atoms with Crippen molar-refractivity contribution in [1.29, 1.82) is 0 Å². The van der Waals surface area contributed by atoms with Crippen LogP contribution in [0.2, 0.25) is 0 Å². The Morgan fingerprint density at radius 1 is 1.25 bits per heavy atom. The first-order chi connectivity index (χ1) is 15.4. The third kappa shape index (κ3) is 3.71. The predicted molar refractivity (Wildman–Crippen MR) is 118 cm³/mol. The van der Waals surface area contributed by atoms with Gasteiger partial charge in [-0.25, -0.2) is 4.98 Å². The van der Waals surface area contributed by atoms with Gasteiger partial charge in [0.25, 0.3) is 11.5 Å². The Labute approximate surface area is 186 Å². The van der Waals surface area contributed by atoms with Crippen LogP contribution in [0.1, 0.15) is 24.1 Å². The first kappa shape index (κ1) is 21.2. The van der Waals surface area contributed by atoms with Gasteiger partial charge in [0.1, 0.15) is 11.5 Å². The predicted octanol–water partition coefficient (Wildman–Crippen LogP) is 4.08. The Morgan fingerprint density at radius 2 is 2.00 bits per heavy atom. The molecular weight excluding hydrogens is 434 g/mol. The average Bonchev–Trinajstić information content (AvgIpc) is 3.41. The number of aromatic nitrogens is 1. The molecule has 1 aliphatic rings. The number of nitrogens with zero attached hydrogens (tertiary/aromatic N) is 3. The summed E-state index contributed by atoms with van der Waals surface area (Å²) in [6.45, 7) is 2.31. The van der Waals surface area contributed by atoms with Crippen molar-refractivity contribution in [3.63, 3.8) is 0 Å². The fourth-order valence-electron chi connectivity index (χ4n) is 3.52. The molecule has 2 heterocycles. The van der Waals surface area contributed by atoms with Crippen molar-refractivity contribution in [2.24, 2.45) is 0 Å². The van der Waals surface area contributed by atoms with E-state index in [2.05, 4.69) is 4.98 Å². The molecule has 0 aliphatic carbocycles. The van der Waals surface area contributed by atoms with Crippen LogP contribution in [0, 0.1) is 10.1 Å². The SMILES string of the molecule is CCOc1ccc(C(O)=C2C(=O)C(=O)N(c3nccs3)[C@H]2c2cccc([N+](=O)[O-])c2)cc1. The number of hydrogen-bond acceptors (Lipinski definition) is 8. The summed E-state index contributed by atoms with van der Waals surface area (Å²) in [4.78, 5) is 42.0. The molecular formula is C22H17N3O6S. The largest absolute Gasteiger partial charge is 0.507 e. The monoisotopic (exact) mass is 451 g/mol. The lowest BCUT2D eigenvalue weighted by Crippen LogP contribution is -2.29. The van der Waals surface area contributed by atoms with E-state index < -0.39 is 22.7 Å². The van der Waals surface area contributed by atoms with E-state index in [9.17, 15) is 24.8 Å². The van der Waals surface area contributed by atoms with Gasteiger partial charge in [0.15, 0.2) is 5.13 Å². The van der Waals surface area contributed by atoms with Crippen LogP contribution in [0.25, 0.3) is 5.76 Å². The highest BCUT2D eigenvalue weighted by atomic mass is 32.1. The van der Waals surface area contributed by atoms with E-state index in [1.165, 1.54) is 24.4 Å². The highest BCUT2D eigenvalue weighted by molar-refractivity contribution is 7.14. The van der Waals surface area contributed by atoms with Gasteiger partial charge in [-0.15, -0.1) is 11.3 Å². The molecule has 1 N–H and O–H groups in total. The van der Waals surface area contributed by atoms with Crippen molar-refractivity contribution < 1.29 is 24.4 Å². The fraction of sp³-hybridized carbons (Fsp3) is 0.136. The molecule has 0 unspecified atom stereocenters. The Bertz CT molecular complexity index is 1220. The average molecular weight is 451 g/mol. The Hall–Kier alpha value is -4.05. The Morgan fingerprint density at radius 3 is 2.62 bits per heavy atom. The molecule has 1 saturated heterocycles. The summed E-state index contributed by atoms with van der Waals surface area (Å²) in [6.07, 6.45) is 1.48. The van der Waals surface area contributed by atoms with Crippen molar-refractivity contribution in [1.82, 2.24) is 4.98 Å². The minimum atomic E-state index is -1.08. The maximum atomic E-state index is 13.0. The molecule has 1 aromatic heterocycles. The molecule has 1 atom stereocenters. The molecule has 1 fully saturated rings. The first-order valence-corrected chi connectivity index (χ1v) is 10.5. The van der Waals surface area contributed by atoms with Gasteiger partial charge < -0.3 is 9.84 Å². The fourth-order valence-corrected chi connectivity index (χ4v) is 4.19. The lowest BCUT2D eigenvalue weighted by atomic mass is 9.95. The van der Waals surface area contributed by atoms with Crippen LogP contribution in [0.15, 0.2) is 65.7 Å². The first-order valence-electron chi connectivity index (χ1n) is 9.60. The minimum absolute atomic E-state index is 0.171. The van der Waals surface area contributed by atoms with Gasteiger partial charge in [-0.3, -0.25) is 24.6 Å². The smallest absolute Gasteiger partial charge is 0.301 e. The van der Waals surface area contributed by atoms with Crippen LogP contribution < -0.4 is 9.64 Å². The number of aliphatic hydroxyl groups is 1.